The Balaban J connectivity index is 1.51. The van der Waals surface area contributed by atoms with E-state index in [9.17, 15) is 9.59 Å². The maximum atomic E-state index is 13.6. The van der Waals surface area contributed by atoms with E-state index in [-0.39, 0.29) is 24.1 Å². The van der Waals surface area contributed by atoms with Crippen LogP contribution in [-0.2, 0) is 6.54 Å². The van der Waals surface area contributed by atoms with Gasteiger partial charge in [0.15, 0.2) is 0 Å². The molecule has 2 radical (unpaired) electrons. The Morgan fingerprint density at radius 1 is 1.10 bits per heavy atom. The number of nitrogens with zero attached hydrogens (tertiary/aromatic N) is 4. The number of aromatic amines is 1. The van der Waals surface area contributed by atoms with E-state index in [1.165, 1.54) is 0 Å². The highest BCUT2D eigenvalue weighted by molar-refractivity contribution is 6.40. The number of piperazine rings is 1. The Morgan fingerprint density at radius 3 is 2.49 bits per heavy atom. The van der Waals surface area contributed by atoms with Gasteiger partial charge in [-0.2, -0.15) is 0 Å². The van der Waals surface area contributed by atoms with Crippen LogP contribution in [0, 0.1) is 13.8 Å². The number of hydrogen-bond donors (Lipinski definition) is 2. The van der Waals surface area contributed by atoms with Gasteiger partial charge in [0.2, 0.25) is 0 Å². The van der Waals surface area contributed by atoms with Crippen LogP contribution in [-0.4, -0.2) is 66.4 Å². The summed E-state index contributed by atoms with van der Waals surface area (Å²) in [6, 6.07) is 10.1. The molecule has 8 nitrogen and oxygen atoms in total. The summed E-state index contributed by atoms with van der Waals surface area (Å²) in [5.41, 5.74) is 5.69. The number of benzene rings is 1. The van der Waals surface area contributed by atoms with Crippen molar-refractivity contribution in [1.82, 2.24) is 24.8 Å². The number of hydrogen-bond acceptors (Lipinski definition) is 5. The number of pyridine rings is 2. The molecule has 2 N–H and O–H groups in total. The van der Waals surface area contributed by atoms with Crippen LogP contribution in [0.15, 0.2) is 47.5 Å². The largest absolute Gasteiger partial charge is 0.354 e. The molecule has 4 aromatic rings. The van der Waals surface area contributed by atoms with Crippen molar-refractivity contribution in [3.8, 4) is 11.1 Å². The zero-order chi connectivity index (χ0) is 27.8. The lowest BCUT2D eigenvalue weighted by Crippen LogP contribution is -2.44. The van der Waals surface area contributed by atoms with E-state index < -0.39 is 0 Å². The lowest BCUT2D eigenvalue weighted by atomic mass is 9.91. The van der Waals surface area contributed by atoms with Crippen LogP contribution < -0.4 is 21.2 Å². The molecule has 0 aliphatic carbocycles. The summed E-state index contributed by atoms with van der Waals surface area (Å²) in [6.45, 7) is 11.9. The molecule has 0 unspecified atom stereocenters. The highest BCUT2D eigenvalue weighted by atomic mass is 16.1. The Bertz CT molecular complexity index is 1580. The number of aromatic nitrogens is 3. The van der Waals surface area contributed by atoms with Crippen LogP contribution in [0.1, 0.15) is 47.1 Å². The van der Waals surface area contributed by atoms with Crippen LogP contribution in [0.3, 0.4) is 0 Å². The Morgan fingerprint density at radius 2 is 1.85 bits per heavy atom. The minimum Gasteiger partial charge on any atom is -0.354 e. The number of carbonyl (C=O) groups is 1. The van der Waals surface area contributed by atoms with Crippen molar-refractivity contribution < 1.29 is 4.79 Å². The predicted molar refractivity (Wildman–Crippen MR) is 158 cm³/mol. The average Bonchev–Trinajstić information content (AvgIpc) is 3.24. The van der Waals surface area contributed by atoms with E-state index in [1.54, 1.807) is 0 Å². The first-order valence-corrected chi connectivity index (χ1v) is 13.4. The zero-order valence-corrected chi connectivity index (χ0v) is 23.3. The predicted octanol–water partition coefficient (Wildman–Crippen LogP) is 3.06. The van der Waals surface area contributed by atoms with Gasteiger partial charge < -0.3 is 24.7 Å². The van der Waals surface area contributed by atoms with Crippen molar-refractivity contribution in [3.63, 3.8) is 0 Å². The molecular weight excluding hydrogens is 487 g/mol. The second-order valence-electron chi connectivity index (χ2n) is 10.8. The first kappa shape index (κ1) is 26.7. The van der Waals surface area contributed by atoms with Crippen molar-refractivity contribution in [2.75, 3.05) is 38.1 Å². The summed E-state index contributed by atoms with van der Waals surface area (Å²) in [4.78, 5) is 38.3. The number of nitrogens with one attached hydrogen (secondary N) is 2. The summed E-state index contributed by atoms with van der Waals surface area (Å²) >= 11 is 0. The Hall–Kier alpha value is -3.85. The molecule has 9 heteroatoms. The van der Waals surface area contributed by atoms with Crippen LogP contribution in [0.2, 0.25) is 0 Å². The van der Waals surface area contributed by atoms with E-state index in [1.807, 2.05) is 44.4 Å². The summed E-state index contributed by atoms with van der Waals surface area (Å²) in [6.07, 6.45) is 3.76. The van der Waals surface area contributed by atoms with Gasteiger partial charge in [-0.05, 0) is 82.4 Å². The molecule has 1 amide bonds. The van der Waals surface area contributed by atoms with Gasteiger partial charge in [0.25, 0.3) is 11.5 Å². The lowest BCUT2D eigenvalue weighted by Gasteiger charge is -2.33. The quantitative estimate of drug-likeness (QED) is 0.381. The Labute approximate surface area is 230 Å². The number of rotatable bonds is 6. The van der Waals surface area contributed by atoms with Crippen molar-refractivity contribution in [3.05, 3.63) is 75.5 Å². The van der Waals surface area contributed by atoms with Crippen LogP contribution in [0.4, 0.5) is 5.82 Å². The van der Waals surface area contributed by atoms with Gasteiger partial charge in [0, 0.05) is 78.2 Å². The highest BCUT2D eigenvalue weighted by Crippen LogP contribution is 2.30. The topological polar surface area (TPSA) is 86.3 Å². The number of aryl methyl sites for hydroxylation is 2. The first-order valence-electron chi connectivity index (χ1n) is 13.4. The number of carbonyl (C=O) groups excluding carboxylic acids is 1. The van der Waals surface area contributed by atoms with Gasteiger partial charge in [-0.1, -0.05) is 5.46 Å². The third-order valence-corrected chi connectivity index (χ3v) is 7.59. The van der Waals surface area contributed by atoms with Gasteiger partial charge in [-0.25, -0.2) is 4.98 Å². The fourth-order valence-corrected chi connectivity index (χ4v) is 5.34. The maximum absolute atomic E-state index is 13.6. The molecule has 1 aromatic carbocycles. The van der Waals surface area contributed by atoms with Crippen molar-refractivity contribution in [1.29, 1.82) is 0 Å². The SMILES string of the molecule is [B]c1cn(C(C)C)c2cc(-c3ccc(N4CCN(C)CC4)nc3)cc(C(=O)NCc3c(C)cc(C)[nH]c3=O)c12. The smallest absolute Gasteiger partial charge is 0.253 e. The number of anilines is 1. The van der Waals surface area contributed by atoms with Crippen LogP contribution >= 0.6 is 0 Å². The first-order chi connectivity index (χ1) is 18.6. The number of amides is 1. The minimum atomic E-state index is -0.281. The molecule has 1 aliphatic rings. The standard InChI is InChI=1S/C30H35BN6O2/c1-18(2)37-17-25(31)28-23(29(38)33-16-24-19(3)12-20(4)34-30(24)39)13-22(14-26(28)37)21-6-7-27(32-15-21)36-10-8-35(5)9-11-36/h6-7,12-15,17-18H,8-11,16H2,1-5H3,(H,33,38)(H,34,39). The molecule has 0 bridgehead atoms. The number of fused-ring (bicyclic) bond motifs is 1. The summed E-state index contributed by atoms with van der Waals surface area (Å²) in [7, 11) is 8.59. The summed E-state index contributed by atoms with van der Waals surface area (Å²) < 4.78 is 2.09. The Kier molecular flexibility index (Phi) is 7.36. The molecule has 3 aromatic heterocycles. The molecule has 0 saturated carbocycles. The van der Waals surface area contributed by atoms with Crippen molar-refractivity contribution >= 4 is 35.9 Å². The molecule has 39 heavy (non-hydrogen) atoms. The van der Waals surface area contributed by atoms with Gasteiger partial charge in [-0.3, -0.25) is 9.59 Å². The average molecular weight is 522 g/mol. The fraction of sp³-hybridized carbons (Fsp3) is 0.367. The van der Waals surface area contributed by atoms with Gasteiger partial charge in [0.1, 0.15) is 13.7 Å². The van der Waals surface area contributed by atoms with Crippen LogP contribution in [0.25, 0.3) is 22.0 Å². The molecule has 200 valence electrons. The molecule has 1 fully saturated rings. The second-order valence-corrected chi connectivity index (χ2v) is 10.8. The molecule has 4 heterocycles. The minimum absolute atomic E-state index is 0.123. The third kappa shape index (κ3) is 5.36. The van der Waals surface area contributed by atoms with E-state index in [0.717, 1.165) is 59.9 Å². The van der Waals surface area contributed by atoms with E-state index in [4.69, 9.17) is 12.8 Å². The monoisotopic (exact) mass is 522 g/mol. The van der Waals surface area contributed by atoms with E-state index >= 15 is 0 Å². The molecule has 5 rings (SSSR count). The molecular formula is C30H35BN6O2. The molecule has 1 aliphatic heterocycles. The maximum Gasteiger partial charge on any atom is 0.253 e. The van der Waals surface area contributed by atoms with Gasteiger partial charge in [-0.15, -0.1) is 0 Å². The van der Waals surface area contributed by atoms with E-state index in [2.05, 4.69) is 57.7 Å². The van der Waals surface area contributed by atoms with E-state index in [0.29, 0.717) is 22.0 Å². The van der Waals surface area contributed by atoms with Crippen molar-refractivity contribution in [2.24, 2.45) is 0 Å². The normalized spacial score (nSPS) is 14.4. The number of likely N-dealkylation sites (N-methyl/N-ethyl adjacent to an activating group) is 1. The molecule has 1 saturated heterocycles. The van der Waals surface area contributed by atoms with Crippen molar-refractivity contribution in [2.45, 2.75) is 40.3 Å². The lowest BCUT2D eigenvalue weighted by molar-refractivity contribution is 0.0952. The zero-order valence-electron chi connectivity index (χ0n) is 23.3. The van der Waals surface area contributed by atoms with Gasteiger partial charge in [0.05, 0.1) is 0 Å². The van der Waals surface area contributed by atoms with Gasteiger partial charge >= 0.3 is 0 Å². The molecule has 0 spiro atoms. The highest BCUT2D eigenvalue weighted by Gasteiger charge is 2.20. The van der Waals surface area contributed by atoms with Crippen LogP contribution in [0.5, 0.6) is 0 Å². The molecule has 0 atom stereocenters. The second kappa shape index (κ2) is 10.7. The summed E-state index contributed by atoms with van der Waals surface area (Å²) in [5, 5.41) is 3.67. The third-order valence-electron chi connectivity index (χ3n) is 7.59. The summed E-state index contributed by atoms with van der Waals surface area (Å²) in [5.74, 6) is 0.677. The number of H-pyrrole nitrogens is 1. The fourth-order valence-electron chi connectivity index (χ4n) is 5.34.